The van der Waals surface area contributed by atoms with Crippen molar-refractivity contribution in [2.24, 2.45) is 0 Å². The molecule has 0 aromatic heterocycles. The van der Waals surface area contributed by atoms with Crippen LogP contribution >= 0.6 is 0 Å². The van der Waals surface area contributed by atoms with Crippen LogP contribution in [-0.2, 0) is 10.2 Å². The summed E-state index contributed by atoms with van der Waals surface area (Å²) in [6.07, 6.45) is 1.14. The molecule has 0 spiro atoms. The average Bonchev–Trinajstić information content (AvgIpc) is 2.91. The maximum atomic E-state index is 13.3. The maximum absolute atomic E-state index is 13.3. The molecule has 3 aromatic carbocycles. The van der Waals surface area contributed by atoms with E-state index < -0.39 is 17.6 Å². The molecule has 186 valence electrons. The third-order valence-corrected chi connectivity index (χ3v) is 7.40. The monoisotopic (exact) mass is 481 g/mol. The second-order valence-electron chi connectivity index (χ2n) is 9.91. The summed E-state index contributed by atoms with van der Waals surface area (Å²) in [4.78, 5) is 15.3. The fourth-order valence-electron chi connectivity index (χ4n) is 5.05. The van der Waals surface area contributed by atoms with E-state index in [-0.39, 0.29) is 5.91 Å². The van der Waals surface area contributed by atoms with Crippen molar-refractivity contribution in [3.63, 3.8) is 0 Å². The molecule has 3 aromatic rings. The first kappa shape index (κ1) is 25.6. The smallest absolute Gasteiger partial charge is 0.232 e. The van der Waals surface area contributed by atoms with Gasteiger partial charge in [-0.2, -0.15) is 5.26 Å². The van der Waals surface area contributed by atoms with Crippen LogP contribution in [0.25, 0.3) is 0 Å². The van der Waals surface area contributed by atoms with Crippen molar-refractivity contribution in [1.82, 2.24) is 10.2 Å². The number of nitrogens with zero attached hydrogens (tertiary/aromatic N) is 2. The number of amides is 1. The molecule has 1 saturated heterocycles. The van der Waals surface area contributed by atoms with Gasteiger partial charge in [-0.25, -0.2) is 0 Å². The molecule has 1 aliphatic heterocycles. The fraction of sp³-hybridized carbons (Fsp3) is 0.355. The zero-order valence-electron chi connectivity index (χ0n) is 21.2. The lowest BCUT2D eigenvalue weighted by atomic mass is 9.74. The lowest BCUT2D eigenvalue weighted by Gasteiger charge is -2.39. The number of aliphatic hydroxyl groups excluding tert-OH is 1. The quantitative estimate of drug-likeness (QED) is 0.484. The van der Waals surface area contributed by atoms with Gasteiger partial charge in [0, 0.05) is 26.1 Å². The Morgan fingerprint density at radius 3 is 1.97 bits per heavy atom. The van der Waals surface area contributed by atoms with E-state index >= 15 is 0 Å². The Kier molecular flexibility index (Phi) is 8.20. The van der Waals surface area contributed by atoms with E-state index in [0.29, 0.717) is 38.9 Å². The summed E-state index contributed by atoms with van der Waals surface area (Å²) >= 11 is 0. The molecule has 1 aliphatic rings. The maximum Gasteiger partial charge on any atom is 0.232 e. The number of hydrogen-bond donors (Lipinski definition) is 2. The number of aryl methyl sites for hydroxylation is 2. The summed E-state index contributed by atoms with van der Waals surface area (Å²) in [6.45, 7) is 5.74. The SMILES string of the molecule is Cc1ccc(C(C(=O)NCCC(O)N2CCC(C#N)(c3ccccc3)CC2)c2ccc(C)cc2)cc1. The number of nitrogens with one attached hydrogen (secondary N) is 1. The summed E-state index contributed by atoms with van der Waals surface area (Å²) in [5.41, 5.74) is 4.76. The van der Waals surface area contributed by atoms with Crippen molar-refractivity contribution in [1.29, 1.82) is 5.26 Å². The van der Waals surface area contributed by atoms with Crippen molar-refractivity contribution in [2.75, 3.05) is 19.6 Å². The summed E-state index contributed by atoms with van der Waals surface area (Å²) in [5, 5.41) is 23.8. The van der Waals surface area contributed by atoms with Crippen LogP contribution in [0.1, 0.15) is 53.0 Å². The second kappa shape index (κ2) is 11.5. The minimum Gasteiger partial charge on any atom is -0.378 e. The van der Waals surface area contributed by atoms with Crippen molar-refractivity contribution in [3.8, 4) is 6.07 Å². The van der Waals surface area contributed by atoms with Crippen LogP contribution in [0.4, 0.5) is 0 Å². The fourth-order valence-corrected chi connectivity index (χ4v) is 5.05. The molecule has 0 radical (unpaired) electrons. The van der Waals surface area contributed by atoms with Crippen LogP contribution in [0.5, 0.6) is 0 Å². The van der Waals surface area contributed by atoms with Crippen LogP contribution in [0.3, 0.4) is 0 Å². The van der Waals surface area contributed by atoms with Gasteiger partial charge in [0.1, 0.15) is 6.23 Å². The van der Waals surface area contributed by atoms with E-state index in [0.717, 1.165) is 27.8 Å². The Morgan fingerprint density at radius 2 is 1.47 bits per heavy atom. The number of carbonyl (C=O) groups excluding carboxylic acids is 1. The lowest BCUT2D eigenvalue weighted by molar-refractivity contribution is -0.121. The number of hydrogen-bond acceptors (Lipinski definition) is 4. The molecule has 0 aliphatic carbocycles. The molecule has 1 fully saturated rings. The molecule has 0 bridgehead atoms. The number of carbonyl (C=O) groups is 1. The first-order valence-corrected chi connectivity index (χ1v) is 12.7. The molecule has 2 N–H and O–H groups in total. The van der Waals surface area contributed by atoms with Gasteiger partial charge < -0.3 is 10.4 Å². The lowest BCUT2D eigenvalue weighted by Crippen LogP contribution is -2.47. The summed E-state index contributed by atoms with van der Waals surface area (Å²) in [7, 11) is 0. The third-order valence-electron chi connectivity index (χ3n) is 7.40. The van der Waals surface area contributed by atoms with Gasteiger partial charge in [0.05, 0.1) is 17.4 Å². The highest BCUT2D eigenvalue weighted by atomic mass is 16.3. The molecule has 1 heterocycles. The van der Waals surface area contributed by atoms with Gasteiger partial charge in [-0.1, -0.05) is 90.0 Å². The van der Waals surface area contributed by atoms with E-state index in [1.165, 1.54) is 0 Å². The molecule has 4 rings (SSSR count). The Hall–Kier alpha value is -3.46. The molecule has 1 atom stereocenters. The van der Waals surface area contributed by atoms with Crippen LogP contribution in [0, 0.1) is 25.2 Å². The Morgan fingerprint density at radius 1 is 0.944 bits per heavy atom. The third kappa shape index (κ3) is 5.84. The molecule has 5 heteroatoms. The van der Waals surface area contributed by atoms with Crippen LogP contribution < -0.4 is 5.32 Å². The number of nitriles is 1. The number of benzene rings is 3. The molecule has 1 amide bonds. The van der Waals surface area contributed by atoms with E-state index in [1.54, 1.807) is 0 Å². The van der Waals surface area contributed by atoms with Gasteiger partial charge in [-0.3, -0.25) is 9.69 Å². The molecule has 1 unspecified atom stereocenters. The molecular weight excluding hydrogens is 446 g/mol. The molecule has 36 heavy (non-hydrogen) atoms. The first-order valence-electron chi connectivity index (χ1n) is 12.7. The minimum absolute atomic E-state index is 0.0684. The van der Waals surface area contributed by atoms with E-state index in [9.17, 15) is 15.2 Å². The topological polar surface area (TPSA) is 76.4 Å². The largest absolute Gasteiger partial charge is 0.378 e. The van der Waals surface area contributed by atoms with Gasteiger partial charge >= 0.3 is 0 Å². The highest BCUT2D eigenvalue weighted by molar-refractivity contribution is 5.87. The number of likely N-dealkylation sites (tertiary alicyclic amines) is 1. The second-order valence-corrected chi connectivity index (χ2v) is 9.91. The van der Waals surface area contributed by atoms with Gasteiger partial charge in [-0.15, -0.1) is 0 Å². The van der Waals surface area contributed by atoms with Gasteiger partial charge in [0.25, 0.3) is 0 Å². The predicted octanol–water partition coefficient (Wildman–Crippen LogP) is 4.82. The van der Waals surface area contributed by atoms with Gasteiger partial charge in [-0.05, 0) is 43.4 Å². The normalized spacial score (nSPS) is 16.3. The Labute approximate surface area is 214 Å². The zero-order valence-corrected chi connectivity index (χ0v) is 21.2. The summed E-state index contributed by atoms with van der Waals surface area (Å²) < 4.78 is 0. The summed E-state index contributed by atoms with van der Waals surface area (Å²) in [5.74, 6) is -0.471. The highest BCUT2D eigenvalue weighted by Gasteiger charge is 2.37. The number of piperidine rings is 1. The minimum atomic E-state index is -0.657. The van der Waals surface area contributed by atoms with Crippen LogP contribution in [-0.4, -0.2) is 41.8 Å². The molecule has 0 saturated carbocycles. The first-order chi connectivity index (χ1) is 17.4. The number of aliphatic hydroxyl groups is 1. The number of rotatable bonds is 8. The van der Waals surface area contributed by atoms with Crippen LogP contribution in [0.15, 0.2) is 78.9 Å². The summed E-state index contributed by atoms with van der Waals surface area (Å²) in [6, 6.07) is 28.6. The van der Waals surface area contributed by atoms with Crippen molar-refractivity contribution >= 4 is 5.91 Å². The zero-order chi connectivity index (χ0) is 25.5. The average molecular weight is 482 g/mol. The predicted molar refractivity (Wildman–Crippen MR) is 142 cm³/mol. The van der Waals surface area contributed by atoms with Crippen molar-refractivity contribution in [2.45, 2.75) is 50.7 Å². The Bertz CT molecular complexity index is 1130. The van der Waals surface area contributed by atoms with E-state index in [2.05, 4.69) is 11.4 Å². The van der Waals surface area contributed by atoms with Crippen molar-refractivity contribution < 1.29 is 9.90 Å². The van der Waals surface area contributed by atoms with Gasteiger partial charge in [0.15, 0.2) is 0 Å². The Balaban J connectivity index is 1.35. The van der Waals surface area contributed by atoms with Crippen LogP contribution in [0.2, 0.25) is 0 Å². The van der Waals surface area contributed by atoms with Crippen molar-refractivity contribution in [3.05, 3.63) is 107 Å². The van der Waals surface area contributed by atoms with E-state index in [4.69, 9.17) is 0 Å². The standard InChI is InChI=1S/C31H35N3O2/c1-23-8-12-25(13-9-23)29(26-14-10-24(2)11-15-26)30(36)33-19-16-28(35)34-20-17-31(22-32,18-21-34)27-6-4-3-5-7-27/h3-15,28-29,35H,16-21H2,1-2H3,(H,33,36). The van der Waals surface area contributed by atoms with E-state index in [1.807, 2.05) is 97.6 Å². The highest BCUT2D eigenvalue weighted by Crippen LogP contribution is 2.35. The molecular formula is C31H35N3O2. The van der Waals surface area contributed by atoms with Gasteiger partial charge in [0.2, 0.25) is 5.91 Å². The molecule has 5 nitrogen and oxygen atoms in total.